The normalized spacial score (nSPS) is 15.2. The molecule has 0 aliphatic carbocycles. The van der Waals surface area contributed by atoms with Crippen molar-refractivity contribution in [3.8, 4) is 43.4 Å². The number of ether oxygens (including phenoxy) is 5. The third-order valence-electron chi connectivity index (χ3n) is 17.6. The van der Waals surface area contributed by atoms with Gasteiger partial charge < -0.3 is 38.6 Å². The molecule has 10 aromatic rings. The molecule has 6 aromatic carbocycles. The molecule has 0 bridgehead atoms. The Morgan fingerprint density at radius 1 is 0.530 bits per heavy atom. The van der Waals surface area contributed by atoms with Crippen molar-refractivity contribution in [2.24, 2.45) is 14.1 Å². The number of thiazole rings is 2. The van der Waals surface area contributed by atoms with Gasteiger partial charge in [-0.05, 0) is 225 Å². The number of aromatic nitrogens is 6. The van der Waals surface area contributed by atoms with Crippen molar-refractivity contribution in [2.75, 3.05) is 32.8 Å². The molecule has 2 aliphatic heterocycles. The molecule has 12 rings (SSSR count). The first-order chi connectivity index (χ1) is 47.0. The highest BCUT2D eigenvalue weighted by atomic mass is 35.5. The van der Waals surface area contributed by atoms with E-state index in [9.17, 15) is 24.3 Å². The van der Waals surface area contributed by atoms with E-state index in [1.165, 1.54) is 11.3 Å². The summed E-state index contributed by atoms with van der Waals surface area (Å²) in [6.07, 6.45) is 0.544. The van der Waals surface area contributed by atoms with E-state index in [4.69, 9.17) is 67.1 Å². The van der Waals surface area contributed by atoms with Crippen LogP contribution in [0.2, 0.25) is 10.0 Å². The largest absolute Gasteiger partial charge is 0.479 e. The van der Waals surface area contributed by atoms with Gasteiger partial charge in [-0.3, -0.25) is 9.36 Å². The molecule has 0 saturated carbocycles. The minimum Gasteiger partial charge on any atom is -0.479 e. The third kappa shape index (κ3) is 16.3. The summed E-state index contributed by atoms with van der Waals surface area (Å²) >= 11 is 15.7. The van der Waals surface area contributed by atoms with E-state index < -0.39 is 46.6 Å². The molecule has 0 unspecified atom stereocenters. The van der Waals surface area contributed by atoms with Crippen molar-refractivity contribution in [3.63, 3.8) is 0 Å². The molecule has 100 heavy (non-hydrogen) atoms. The SMILES string of the molecule is CCOC(=O)[C@@H](OC(C)(C)C)c1c(C)cc2nc(-c3ccc4c(c3)c(C3CCN(C(=O)OC(C)(C)C)CC3)nn4C)sc2c1-c1ccc(Cl)cc1.Cc1cc2nc(-c3ccc4c(c3)c(C3CCN(C(=O)OC(C)(C)C)CC3)nn4C)sc2c(-c2ccc(Cl)cc2)c1[C@H](OC(C)(C)C)C(=O)O. The quantitative estimate of drug-likeness (QED) is 0.0843. The molecule has 2 amide bonds. The standard InChI is InChI=1S/C40H47ClN4O5S.C38H43ClN4O5S/c1-10-48-37(46)34(49-39(3,4)5)31-23(2)21-29-35(32(31)24-11-14-27(41)15-12-24)51-36(42-29)26-13-16-30-28(22-26)33(43-44(30)9)25-17-19-45(20-18-25)38(47)50-40(6,7)8;1-21-19-27-33(30(22-9-12-25(39)13-10-22)29(21)32(35(44)45)47-37(2,3)4)49-34(40-27)24-11-14-28-26(20-24)31(41-42(28)8)23-15-17-43(18-16-23)36(46)48-38(5,6)7/h11-16,21-22,25,34H,10,17-20H2,1-9H3;9-14,19-20,23,32H,15-18H2,1-8H3,(H,44,45)/t34-;32-/m00/s1. The Bertz CT molecular complexity index is 4720. The summed E-state index contributed by atoms with van der Waals surface area (Å²) in [5.74, 6) is -1.07. The zero-order chi connectivity index (χ0) is 72.2. The number of nitrogens with zero attached hydrogens (tertiary/aromatic N) is 8. The number of piperidine rings is 2. The van der Waals surface area contributed by atoms with Gasteiger partial charge >= 0.3 is 24.1 Å². The number of esters is 1. The van der Waals surface area contributed by atoms with E-state index in [1.54, 1.807) is 28.1 Å². The number of carbonyl (C=O) groups is 4. The van der Waals surface area contributed by atoms with Gasteiger partial charge in [0.1, 0.15) is 21.2 Å². The summed E-state index contributed by atoms with van der Waals surface area (Å²) in [5.41, 5.74) is 11.8. The van der Waals surface area contributed by atoms with Crippen molar-refractivity contribution < 1.29 is 48.0 Å². The first-order valence-corrected chi connectivity index (χ1v) is 36.5. The minimum absolute atomic E-state index is 0.200. The van der Waals surface area contributed by atoms with Crippen molar-refractivity contribution in [3.05, 3.63) is 141 Å². The van der Waals surface area contributed by atoms with Crippen molar-refractivity contribution in [1.82, 2.24) is 39.3 Å². The number of rotatable bonds is 13. The average Bonchev–Trinajstić information content (AvgIpc) is 1.52. The van der Waals surface area contributed by atoms with Gasteiger partial charge in [0.05, 0.1) is 60.7 Å². The fraction of sp³-hybridized carbons (Fsp3) is 0.436. The fourth-order valence-electron chi connectivity index (χ4n) is 13.3. The highest BCUT2D eigenvalue weighted by Gasteiger charge is 2.37. The van der Waals surface area contributed by atoms with Crippen LogP contribution in [0.5, 0.6) is 0 Å². The number of halogens is 2. The second-order valence-corrected chi connectivity index (χ2v) is 32.9. The Morgan fingerprint density at radius 3 is 1.24 bits per heavy atom. The number of carboxylic acids is 1. The number of amides is 2. The lowest BCUT2D eigenvalue weighted by Gasteiger charge is -2.33. The minimum atomic E-state index is -1.18. The van der Waals surface area contributed by atoms with Crippen molar-refractivity contribution in [2.45, 2.75) is 176 Å². The Morgan fingerprint density at radius 2 is 0.890 bits per heavy atom. The van der Waals surface area contributed by atoms with Crippen LogP contribution in [0.25, 0.3) is 85.6 Å². The van der Waals surface area contributed by atoms with Crippen LogP contribution >= 0.6 is 45.9 Å². The molecule has 2 atom stereocenters. The van der Waals surface area contributed by atoms with Gasteiger partial charge in [-0.15, -0.1) is 22.7 Å². The second-order valence-electron chi connectivity index (χ2n) is 30.0. The molecule has 2 fully saturated rings. The van der Waals surface area contributed by atoms with Gasteiger partial charge in [0.25, 0.3) is 0 Å². The molecule has 0 spiro atoms. The predicted molar refractivity (Wildman–Crippen MR) is 400 cm³/mol. The molecular weight excluding hydrogens is 1340 g/mol. The maximum Gasteiger partial charge on any atom is 0.410 e. The summed E-state index contributed by atoms with van der Waals surface area (Å²) < 4.78 is 35.1. The third-order valence-corrected chi connectivity index (χ3v) is 20.4. The molecule has 4 aromatic heterocycles. The summed E-state index contributed by atoms with van der Waals surface area (Å²) in [6.45, 7) is 31.1. The van der Waals surface area contributed by atoms with Crippen LogP contribution in [0.3, 0.4) is 0 Å². The first kappa shape index (κ1) is 73.2. The lowest BCUT2D eigenvalue weighted by Crippen LogP contribution is -2.41. The molecule has 2 aliphatic rings. The summed E-state index contributed by atoms with van der Waals surface area (Å²) in [5, 5.41) is 25.4. The lowest BCUT2D eigenvalue weighted by atomic mass is 9.91. The van der Waals surface area contributed by atoms with Gasteiger partial charge in [-0.25, -0.2) is 29.1 Å². The topological polar surface area (TPSA) is 203 Å². The van der Waals surface area contributed by atoms with Crippen LogP contribution in [-0.4, -0.2) is 124 Å². The summed E-state index contributed by atoms with van der Waals surface area (Å²) in [7, 11) is 3.93. The van der Waals surface area contributed by atoms with E-state index in [2.05, 4.69) is 36.4 Å². The number of benzene rings is 6. The van der Waals surface area contributed by atoms with E-state index in [0.717, 1.165) is 139 Å². The summed E-state index contributed by atoms with van der Waals surface area (Å²) in [6, 6.07) is 31.8. The maximum absolute atomic E-state index is 13.6. The van der Waals surface area contributed by atoms with Crippen LogP contribution in [0, 0.1) is 13.8 Å². The fourth-order valence-corrected chi connectivity index (χ4v) is 15.8. The number of aliphatic carboxylic acids is 1. The Hall–Kier alpha value is -7.98. The van der Waals surface area contributed by atoms with Gasteiger partial charge in [-0.1, -0.05) is 47.5 Å². The smallest absolute Gasteiger partial charge is 0.410 e. The number of carboxylic acid groups (broad SMARTS) is 1. The number of fused-ring (bicyclic) bond motifs is 4. The predicted octanol–water partition coefficient (Wildman–Crippen LogP) is 19.5. The molecule has 528 valence electrons. The number of hydrogen-bond donors (Lipinski definition) is 1. The highest BCUT2D eigenvalue weighted by molar-refractivity contribution is 7.22. The van der Waals surface area contributed by atoms with Crippen molar-refractivity contribution >= 4 is 112 Å². The average molecular weight is 1430 g/mol. The number of aryl methyl sites for hydroxylation is 4. The van der Waals surface area contributed by atoms with E-state index in [1.807, 2.05) is 181 Å². The van der Waals surface area contributed by atoms with E-state index in [0.29, 0.717) is 41.8 Å². The van der Waals surface area contributed by atoms with Crippen LogP contribution < -0.4 is 0 Å². The van der Waals surface area contributed by atoms with Crippen LogP contribution in [0.15, 0.2) is 97.1 Å². The second kappa shape index (κ2) is 28.8. The van der Waals surface area contributed by atoms with E-state index in [-0.39, 0.29) is 30.6 Å². The number of carbonyl (C=O) groups excluding carboxylic acids is 3. The Kier molecular flexibility index (Phi) is 21.1. The number of likely N-dealkylation sites (tertiary alicyclic amines) is 2. The zero-order valence-electron chi connectivity index (χ0n) is 60.2. The first-order valence-electron chi connectivity index (χ1n) is 34.1. The van der Waals surface area contributed by atoms with Gasteiger partial charge in [0, 0.05) is 106 Å². The van der Waals surface area contributed by atoms with Crippen molar-refractivity contribution in [1.29, 1.82) is 0 Å². The Labute approximate surface area is 602 Å². The number of hydrogen-bond acceptors (Lipinski definition) is 15. The molecular formula is C78H90Cl2N8O10S2. The summed E-state index contributed by atoms with van der Waals surface area (Å²) in [4.78, 5) is 65.6. The van der Waals surface area contributed by atoms with E-state index >= 15 is 0 Å². The molecule has 1 N–H and O–H groups in total. The van der Waals surface area contributed by atoms with Gasteiger partial charge in [0.2, 0.25) is 0 Å². The monoisotopic (exact) mass is 1430 g/mol. The van der Waals surface area contributed by atoms with Crippen LogP contribution in [-0.2, 0) is 47.4 Å². The van der Waals surface area contributed by atoms with Crippen LogP contribution in [0.4, 0.5) is 9.59 Å². The van der Waals surface area contributed by atoms with Crippen LogP contribution in [0.1, 0.15) is 173 Å². The Balaban J connectivity index is 0.000000202. The lowest BCUT2D eigenvalue weighted by molar-refractivity contribution is -0.166. The highest BCUT2D eigenvalue weighted by Crippen LogP contribution is 2.48. The zero-order valence-corrected chi connectivity index (χ0v) is 63.3. The maximum atomic E-state index is 13.6. The molecule has 2 saturated heterocycles. The molecule has 0 radical (unpaired) electrons. The molecule has 22 heteroatoms. The van der Waals surface area contributed by atoms with Gasteiger partial charge in [-0.2, -0.15) is 10.2 Å². The molecule has 6 heterocycles. The van der Waals surface area contributed by atoms with Gasteiger partial charge in [0.15, 0.2) is 12.2 Å². The molecule has 18 nitrogen and oxygen atoms in total.